The summed E-state index contributed by atoms with van der Waals surface area (Å²) in [6.07, 6.45) is 0. The van der Waals surface area contributed by atoms with Crippen molar-refractivity contribution in [2.45, 2.75) is 41.9 Å². The molecule has 0 amide bonds. The molecule has 0 bridgehead atoms. The molecule has 4 aromatic carbocycles. The summed E-state index contributed by atoms with van der Waals surface area (Å²) in [7, 11) is -6.88. The summed E-state index contributed by atoms with van der Waals surface area (Å²) < 4.78 is 46.6. The van der Waals surface area contributed by atoms with Gasteiger partial charge in [-0.2, -0.15) is 0 Å². The topological polar surface area (TPSA) is 178 Å². The summed E-state index contributed by atoms with van der Waals surface area (Å²) in [6.45, 7) is 4.90. The molecule has 0 N–H and O–H groups in total. The second-order valence-corrected chi connectivity index (χ2v) is 15.3. The summed E-state index contributed by atoms with van der Waals surface area (Å²) in [5.74, 6) is -0.464. The van der Waals surface area contributed by atoms with Gasteiger partial charge in [0, 0.05) is 11.6 Å². The third-order valence-electron chi connectivity index (χ3n) is 5.00. The molecule has 0 spiro atoms. The van der Waals surface area contributed by atoms with Gasteiger partial charge in [0.15, 0.2) is 19.7 Å². The number of halogens is 3. The number of para-hydroxylation sites is 2. The quantitative estimate of drug-likeness (QED) is 0.115. The van der Waals surface area contributed by atoms with Crippen LogP contribution in [0.2, 0.25) is 10.0 Å². The van der Waals surface area contributed by atoms with Crippen molar-refractivity contribution in [1.82, 2.24) is 0 Å². The zero-order valence-electron chi connectivity index (χ0n) is 25.7. The predicted molar refractivity (Wildman–Crippen MR) is 178 cm³/mol. The van der Waals surface area contributed by atoms with Gasteiger partial charge in [-0.15, -0.1) is 17.2 Å². The van der Waals surface area contributed by atoms with E-state index in [-0.39, 0.29) is 93.4 Å². The Morgan fingerprint density at radius 2 is 1.04 bits per heavy atom. The molecule has 47 heavy (non-hydrogen) atoms. The van der Waals surface area contributed by atoms with Crippen molar-refractivity contribution < 1.29 is 83.2 Å². The Hall–Kier alpha value is -1.95. The number of nitrogens with zero attached hydrogens (tertiary/aromatic N) is 2. The number of rotatable bonds is 7. The van der Waals surface area contributed by atoms with Crippen LogP contribution in [0.3, 0.4) is 0 Å². The van der Waals surface area contributed by atoms with E-state index in [9.17, 15) is 42.2 Å². The minimum Gasteiger partial charge on any atom is -0.850 e. The van der Waals surface area contributed by atoms with Gasteiger partial charge in [-0.3, -0.25) is 20.2 Å². The first-order valence-corrected chi connectivity index (χ1v) is 17.5. The molecule has 0 heterocycles. The molecule has 17 heteroatoms. The second kappa shape index (κ2) is 21.2. The third-order valence-corrected chi connectivity index (χ3v) is 9.44. The van der Waals surface area contributed by atoms with Crippen LogP contribution < -0.4 is 56.5 Å². The van der Waals surface area contributed by atoms with E-state index in [1.165, 1.54) is 54.6 Å². The van der Waals surface area contributed by atoms with E-state index in [2.05, 4.69) is 0 Å². The normalized spacial score (nSPS) is 10.7. The van der Waals surface area contributed by atoms with E-state index < -0.39 is 40.9 Å². The fraction of sp³-hybridized carbons (Fsp3) is 0.200. The van der Waals surface area contributed by atoms with Gasteiger partial charge in [0.1, 0.15) is 15.3 Å². The Kier molecular flexibility index (Phi) is 20.3. The number of hydrogen-bond donors (Lipinski definition) is 0. The molecule has 4 aromatic rings. The maximum Gasteiger partial charge on any atom is 1.00 e. The predicted octanol–water partition coefficient (Wildman–Crippen LogP) is 4.28. The largest absolute Gasteiger partial charge is 1.00 e. The molecule has 0 saturated heterocycles. The Labute approximate surface area is 331 Å². The molecule has 0 aromatic heterocycles. The number of nitro groups is 2. The van der Waals surface area contributed by atoms with Crippen LogP contribution in [0.4, 0.5) is 11.4 Å². The monoisotopic (exact) mass is 770 g/mol. The first-order chi connectivity index (χ1) is 21.3. The van der Waals surface area contributed by atoms with Crippen LogP contribution in [-0.4, -0.2) is 37.5 Å². The standard InChI is InChI=1S/C13H10ClNO4S.C7H7ClO2S.C6H4ClNO2.C4H9O.K/c14-12-8-4-5-10(13(12)15(16)17)9-20(18,19)11-6-2-1-3-7-11;8-6-11(9,10)7-4-2-1-3-5-7;7-5-3-1-2-4-6(5)8(9)10;1-4(2,3)5;/h1-8H,9H2;1-5H,6H2;1-4H;1-3H3;/q;;;-1;+1. The summed E-state index contributed by atoms with van der Waals surface area (Å²) in [4.78, 5) is 20.3. The molecule has 0 aliphatic heterocycles. The molecule has 11 nitrogen and oxygen atoms in total. The van der Waals surface area contributed by atoms with Gasteiger partial charge in [0.2, 0.25) is 0 Å². The van der Waals surface area contributed by atoms with Gasteiger partial charge in [0.25, 0.3) is 11.4 Å². The van der Waals surface area contributed by atoms with Crippen molar-refractivity contribution in [3.63, 3.8) is 0 Å². The van der Waals surface area contributed by atoms with E-state index >= 15 is 0 Å². The zero-order chi connectivity index (χ0) is 35.1. The van der Waals surface area contributed by atoms with E-state index in [0.717, 1.165) is 0 Å². The van der Waals surface area contributed by atoms with Crippen LogP contribution in [0.25, 0.3) is 0 Å². The number of benzene rings is 4. The first-order valence-electron chi connectivity index (χ1n) is 12.9. The minimum atomic E-state index is -3.65. The molecule has 0 radical (unpaired) electrons. The molecular formula is C30H30Cl3KN2O9S2. The van der Waals surface area contributed by atoms with Crippen LogP contribution in [-0.2, 0) is 25.4 Å². The van der Waals surface area contributed by atoms with Crippen molar-refractivity contribution in [3.8, 4) is 0 Å². The molecule has 248 valence electrons. The van der Waals surface area contributed by atoms with Crippen molar-refractivity contribution >= 4 is 65.9 Å². The Morgan fingerprint density at radius 3 is 1.43 bits per heavy atom. The average molecular weight is 772 g/mol. The molecule has 0 fully saturated rings. The molecule has 0 aliphatic rings. The molecule has 0 atom stereocenters. The number of sulfone groups is 2. The van der Waals surface area contributed by atoms with Crippen LogP contribution >= 0.6 is 34.8 Å². The van der Waals surface area contributed by atoms with Crippen LogP contribution in [0.5, 0.6) is 0 Å². The fourth-order valence-electron chi connectivity index (χ4n) is 3.09. The second-order valence-electron chi connectivity index (χ2n) is 9.93. The Balaban J connectivity index is 0.000000666. The van der Waals surface area contributed by atoms with Crippen LogP contribution in [0, 0.1) is 20.2 Å². The summed E-state index contributed by atoms with van der Waals surface area (Å²) >= 11 is 16.5. The van der Waals surface area contributed by atoms with Crippen molar-refractivity contribution in [2.75, 3.05) is 5.21 Å². The van der Waals surface area contributed by atoms with E-state index in [1.54, 1.807) is 69.3 Å². The van der Waals surface area contributed by atoms with Crippen molar-refractivity contribution in [1.29, 1.82) is 0 Å². The maximum absolute atomic E-state index is 12.2. The minimum absolute atomic E-state index is 0. The van der Waals surface area contributed by atoms with Gasteiger partial charge in [-0.25, -0.2) is 16.8 Å². The Bertz CT molecular complexity index is 1800. The zero-order valence-corrected chi connectivity index (χ0v) is 32.8. The summed E-state index contributed by atoms with van der Waals surface area (Å²) in [5.41, 5.74) is -1.09. The molecular weight excluding hydrogens is 742 g/mol. The van der Waals surface area contributed by atoms with E-state index in [1.807, 2.05) is 0 Å². The summed E-state index contributed by atoms with van der Waals surface area (Å²) in [6, 6.07) is 26.2. The van der Waals surface area contributed by atoms with Gasteiger partial charge < -0.3 is 5.11 Å². The number of alkyl halides is 1. The van der Waals surface area contributed by atoms with Crippen molar-refractivity contribution in [2.24, 2.45) is 0 Å². The van der Waals surface area contributed by atoms with Gasteiger partial charge in [0.05, 0.1) is 25.4 Å². The summed E-state index contributed by atoms with van der Waals surface area (Å²) in [5, 5.41) is 31.0. The number of hydrogen-bond acceptors (Lipinski definition) is 9. The van der Waals surface area contributed by atoms with Crippen LogP contribution in [0.15, 0.2) is 113 Å². The van der Waals surface area contributed by atoms with Crippen LogP contribution in [0.1, 0.15) is 26.3 Å². The van der Waals surface area contributed by atoms with Gasteiger partial charge >= 0.3 is 51.4 Å². The maximum atomic E-state index is 12.2. The van der Waals surface area contributed by atoms with Crippen molar-refractivity contribution in [3.05, 3.63) is 139 Å². The smallest absolute Gasteiger partial charge is 0.850 e. The van der Waals surface area contributed by atoms with Gasteiger partial charge in [-0.1, -0.05) is 105 Å². The SMILES string of the molecule is CC(C)(C)[O-].O=S(=O)(CCl)c1ccccc1.O=[N+]([O-])c1c(Cl)cccc1CS(=O)(=O)c1ccccc1.O=[N+]([O-])c1ccccc1Cl.[K+]. The third kappa shape index (κ3) is 17.3. The van der Waals surface area contributed by atoms with E-state index in [4.69, 9.17) is 34.8 Å². The molecule has 0 aliphatic carbocycles. The average Bonchev–Trinajstić information content (AvgIpc) is 2.98. The fourth-order valence-corrected chi connectivity index (χ4v) is 6.01. The molecule has 0 saturated carbocycles. The first kappa shape index (κ1) is 45.0. The van der Waals surface area contributed by atoms with E-state index in [0.29, 0.717) is 0 Å². The Morgan fingerprint density at radius 1 is 0.638 bits per heavy atom. The van der Waals surface area contributed by atoms with Gasteiger partial charge in [-0.05, 0) is 36.4 Å². The molecule has 0 unspecified atom stereocenters. The molecule has 4 rings (SSSR count). The number of nitro benzene ring substituents is 2.